The third-order valence-electron chi connectivity index (χ3n) is 4.69. The van der Waals surface area contributed by atoms with Crippen molar-refractivity contribution in [3.63, 3.8) is 0 Å². The van der Waals surface area contributed by atoms with E-state index in [0.29, 0.717) is 0 Å². The third kappa shape index (κ3) is 5.77. The minimum absolute atomic E-state index is 0. The van der Waals surface area contributed by atoms with E-state index in [0.717, 1.165) is 50.2 Å². The fraction of sp³-hybridized carbons (Fsp3) is 0.526. The van der Waals surface area contributed by atoms with Gasteiger partial charge in [-0.15, -0.1) is 24.0 Å². The molecule has 3 heterocycles. The van der Waals surface area contributed by atoms with E-state index in [-0.39, 0.29) is 30.0 Å². The van der Waals surface area contributed by atoms with Gasteiger partial charge < -0.3 is 19.6 Å². The first-order valence-corrected chi connectivity index (χ1v) is 9.12. The minimum Gasteiger partial charge on any atom is -0.465 e. The lowest BCUT2D eigenvalue weighted by atomic mass is 10.2. The number of guanidine groups is 1. The highest BCUT2D eigenvalue weighted by molar-refractivity contribution is 14.0. The maximum absolute atomic E-state index is 5.91. The van der Waals surface area contributed by atoms with Gasteiger partial charge in [-0.3, -0.25) is 9.89 Å². The molecule has 0 saturated carbocycles. The molecule has 1 aliphatic rings. The average Bonchev–Trinajstić information content (AvgIpc) is 3.36. The molecule has 2 aromatic rings. The van der Waals surface area contributed by atoms with Crippen molar-refractivity contribution >= 4 is 29.9 Å². The molecule has 0 radical (unpaired) electrons. The van der Waals surface area contributed by atoms with E-state index in [1.807, 2.05) is 32.2 Å². The molecule has 1 aliphatic heterocycles. The summed E-state index contributed by atoms with van der Waals surface area (Å²) in [6.07, 6.45) is 6.67. The van der Waals surface area contributed by atoms with Crippen LogP contribution in [0.3, 0.4) is 0 Å². The number of aliphatic imine (C=N–C) groups is 1. The maximum Gasteiger partial charge on any atom is 0.191 e. The van der Waals surface area contributed by atoms with Gasteiger partial charge in [0, 0.05) is 39.1 Å². The first-order chi connectivity index (χ1) is 12.3. The van der Waals surface area contributed by atoms with E-state index in [2.05, 4.69) is 43.6 Å². The number of nitrogens with zero attached hydrogens (tertiary/aromatic N) is 3. The molecule has 0 aromatic carbocycles. The zero-order valence-electron chi connectivity index (χ0n) is 15.6. The van der Waals surface area contributed by atoms with Gasteiger partial charge in [-0.05, 0) is 57.1 Å². The number of likely N-dealkylation sites (tertiary alicyclic amines) is 1. The molecule has 0 aliphatic carbocycles. The van der Waals surface area contributed by atoms with E-state index >= 15 is 0 Å². The molecule has 6 nitrogen and oxygen atoms in total. The Bertz CT molecular complexity index is 661. The maximum atomic E-state index is 5.91. The van der Waals surface area contributed by atoms with Crippen molar-refractivity contribution in [2.75, 3.05) is 33.2 Å². The van der Waals surface area contributed by atoms with Gasteiger partial charge in [-0.1, -0.05) is 0 Å². The summed E-state index contributed by atoms with van der Waals surface area (Å²) < 4.78 is 8.06. The normalized spacial score (nSPS) is 16.3. The van der Waals surface area contributed by atoms with Gasteiger partial charge in [0.1, 0.15) is 11.5 Å². The molecule has 1 saturated heterocycles. The molecule has 0 bridgehead atoms. The summed E-state index contributed by atoms with van der Waals surface area (Å²) in [6.45, 7) is 6.80. The van der Waals surface area contributed by atoms with Gasteiger partial charge in [-0.2, -0.15) is 0 Å². The van der Waals surface area contributed by atoms with Gasteiger partial charge in [0.05, 0.1) is 6.04 Å². The fourth-order valence-corrected chi connectivity index (χ4v) is 3.33. The second-order valence-corrected chi connectivity index (χ2v) is 6.51. The lowest BCUT2D eigenvalue weighted by molar-refractivity contribution is 0.213. The van der Waals surface area contributed by atoms with E-state index in [4.69, 9.17) is 4.42 Å². The van der Waals surface area contributed by atoms with Crippen LogP contribution >= 0.6 is 24.0 Å². The van der Waals surface area contributed by atoms with Crippen LogP contribution in [0.4, 0.5) is 0 Å². The summed E-state index contributed by atoms with van der Waals surface area (Å²) in [5, 5.41) is 6.84. The predicted octanol–water partition coefficient (Wildman–Crippen LogP) is 3.01. The van der Waals surface area contributed by atoms with Crippen LogP contribution in [-0.2, 0) is 6.54 Å². The summed E-state index contributed by atoms with van der Waals surface area (Å²) in [4.78, 5) is 6.84. The summed E-state index contributed by atoms with van der Waals surface area (Å²) in [5.41, 5.74) is 0. The molecular formula is C19H30IN5O. The van der Waals surface area contributed by atoms with Crippen molar-refractivity contribution in [3.8, 4) is 0 Å². The highest BCUT2D eigenvalue weighted by Crippen LogP contribution is 2.26. The van der Waals surface area contributed by atoms with Crippen molar-refractivity contribution in [3.05, 3.63) is 48.2 Å². The lowest BCUT2D eigenvalue weighted by Gasteiger charge is -2.26. The van der Waals surface area contributed by atoms with Gasteiger partial charge in [-0.25, -0.2) is 0 Å². The average molecular weight is 471 g/mol. The van der Waals surface area contributed by atoms with Crippen LogP contribution in [0.1, 0.15) is 30.4 Å². The van der Waals surface area contributed by atoms with Crippen LogP contribution in [0, 0.1) is 6.92 Å². The van der Waals surface area contributed by atoms with Gasteiger partial charge in [0.25, 0.3) is 0 Å². The van der Waals surface area contributed by atoms with Crippen LogP contribution in [0.15, 0.2) is 46.1 Å². The Morgan fingerprint density at radius 1 is 1.19 bits per heavy atom. The van der Waals surface area contributed by atoms with E-state index in [1.165, 1.54) is 12.8 Å². The van der Waals surface area contributed by atoms with Crippen molar-refractivity contribution in [1.29, 1.82) is 0 Å². The van der Waals surface area contributed by atoms with Gasteiger partial charge in [0.2, 0.25) is 0 Å². The van der Waals surface area contributed by atoms with Gasteiger partial charge in [0.15, 0.2) is 5.96 Å². The summed E-state index contributed by atoms with van der Waals surface area (Å²) in [6, 6.07) is 8.47. The van der Waals surface area contributed by atoms with E-state index in [9.17, 15) is 0 Å². The SMILES string of the molecule is CN=C(NCCn1cccc1)NCC(c1ccc(C)o1)N1CCCC1.I. The molecule has 0 spiro atoms. The number of rotatable bonds is 7. The Labute approximate surface area is 173 Å². The molecule has 1 atom stereocenters. The number of halogens is 1. The Balaban J connectivity index is 0.00000243. The molecule has 0 amide bonds. The topological polar surface area (TPSA) is 57.7 Å². The van der Waals surface area contributed by atoms with E-state index < -0.39 is 0 Å². The Morgan fingerprint density at radius 2 is 1.92 bits per heavy atom. The van der Waals surface area contributed by atoms with Crippen LogP contribution in [-0.4, -0.2) is 48.7 Å². The Morgan fingerprint density at radius 3 is 2.54 bits per heavy atom. The molecule has 26 heavy (non-hydrogen) atoms. The van der Waals surface area contributed by atoms with Crippen molar-refractivity contribution in [1.82, 2.24) is 20.1 Å². The Kier molecular flexibility index (Phi) is 8.50. The van der Waals surface area contributed by atoms with Crippen molar-refractivity contribution < 1.29 is 4.42 Å². The highest BCUT2D eigenvalue weighted by atomic mass is 127. The van der Waals surface area contributed by atoms with Crippen LogP contribution in [0.25, 0.3) is 0 Å². The van der Waals surface area contributed by atoms with Crippen molar-refractivity contribution in [2.24, 2.45) is 4.99 Å². The molecular weight excluding hydrogens is 441 g/mol. The van der Waals surface area contributed by atoms with E-state index in [1.54, 1.807) is 0 Å². The number of hydrogen-bond donors (Lipinski definition) is 2. The molecule has 2 N–H and O–H groups in total. The molecule has 1 unspecified atom stereocenters. The Hall–Kier alpha value is -1.48. The number of aryl methyl sites for hydroxylation is 1. The second kappa shape index (κ2) is 10.6. The highest BCUT2D eigenvalue weighted by Gasteiger charge is 2.26. The predicted molar refractivity (Wildman–Crippen MR) is 116 cm³/mol. The molecule has 2 aromatic heterocycles. The summed E-state index contributed by atoms with van der Waals surface area (Å²) in [5.74, 6) is 2.84. The van der Waals surface area contributed by atoms with Crippen LogP contribution < -0.4 is 10.6 Å². The van der Waals surface area contributed by atoms with Gasteiger partial charge >= 0.3 is 0 Å². The number of furan rings is 1. The smallest absolute Gasteiger partial charge is 0.191 e. The number of hydrogen-bond acceptors (Lipinski definition) is 3. The summed E-state index contributed by atoms with van der Waals surface area (Å²) in [7, 11) is 1.81. The number of nitrogens with one attached hydrogen (secondary N) is 2. The standard InChI is InChI=1S/C19H29N5O.HI/c1-16-7-8-18(25-16)17(24-12-5-6-13-24)15-22-19(20-2)21-9-14-23-10-3-4-11-23;/h3-4,7-8,10-11,17H,5-6,9,12-15H2,1-2H3,(H2,20,21,22);1H. The van der Waals surface area contributed by atoms with Crippen molar-refractivity contribution in [2.45, 2.75) is 32.4 Å². The largest absolute Gasteiger partial charge is 0.465 e. The minimum atomic E-state index is 0. The zero-order chi connectivity index (χ0) is 17.5. The second-order valence-electron chi connectivity index (χ2n) is 6.51. The molecule has 3 rings (SSSR count). The molecule has 144 valence electrons. The lowest BCUT2D eigenvalue weighted by Crippen LogP contribution is -2.43. The monoisotopic (exact) mass is 471 g/mol. The van der Waals surface area contributed by atoms with Crippen LogP contribution in [0.5, 0.6) is 0 Å². The number of aromatic nitrogens is 1. The van der Waals surface area contributed by atoms with Crippen LogP contribution in [0.2, 0.25) is 0 Å². The molecule has 7 heteroatoms. The zero-order valence-corrected chi connectivity index (χ0v) is 18.0. The molecule has 1 fully saturated rings. The third-order valence-corrected chi connectivity index (χ3v) is 4.69. The first-order valence-electron chi connectivity index (χ1n) is 9.12. The summed E-state index contributed by atoms with van der Waals surface area (Å²) >= 11 is 0. The quantitative estimate of drug-likeness (QED) is 0.371. The first kappa shape index (κ1) is 20.8. The fourth-order valence-electron chi connectivity index (χ4n) is 3.33.